The van der Waals surface area contributed by atoms with Gasteiger partial charge in [-0.2, -0.15) is 0 Å². The highest BCUT2D eigenvalue weighted by Crippen LogP contribution is 2.33. The van der Waals surface area contributed by atoms with Crippen molar-refractivity contribution < 1.29 is 18.4 Å². The van der Waals surface area contributed by atoms with Crippen LogP contribution in [0.2, 0.25) is 0 Å². The van der Waals surface area contributed by atoms with Crippen molar-refractivity contribution in [2.24, 2.45) is 0 Å². The number of piperazine rings is 1. The van der Waals surface area contributed by atoms with Gasteiger partial charge in [0.25, 0.3) is 5.91 Å². The van der Waals surface area contributed by atoms with Crippen LogP contribution in [0.5, 0.6) is 0 Å². The minimum Gasteiger partial charge on any atom is -0.396 e. The van der Waals surface area contributed by atoms with Crippen LogP contribution in [0.1, 0.15) is 49.4 Å². The summed E-state index contributed by atoms with van der Waals surface area (Å²) in [6, 6.07) is 1.40. The number of allylic oxidation sites excluding steroid dienone is 1. The zero-order valence-electron chi connectivity index (χ0n) is 15.5. The van der Waals surface area contributed by atoms with Crippen LogP contribution in [-0.2, 0) is 4.79 Å². The highest BCUT2D eigenvalue weighted by atomic mass is 19.1. The summed E-state index contributed by atoms with van der Waals surface area (Å²) in [6.07, 6.45) is 3.53. The van der Waals surface area contributed by atoms with Gasteiger partial charge in [0, 0.05) is 19.5 Å². The van der Waals surface area contributed by atoms with Crippen LogP contribution in [0.4, 0.5) is 14.5 Å². The highest BCUT2D eigenvalue weighted by molar-refractivity contribution is 5.96. The number of hydrogen-bond donors (Lipinski definition) is 1. The SMILES string of the molecule is C=C(C)CCCC(=O)N1C[C@H]2CC[C@@H](C1)N2C(=O)c1cc(F)cc(N)c1F. The van der Waals surface area contributed by atoms with Crippen molar-refractivity contribution in [2.45, 2.75) is 51.1 Å². The van der Waals surface area contributed by atoms with Crippen molar-refractivity contribution in [3.8, 4) is 0 Å². The maximum Gasteiger partial charge on any atom is 0.257 e. The van der Waals surface area contributed by atoms with E-state index in [4.69, 9.17) is 5.73 Å². The molecule has 3 rings (SSSR count). The number of nitrogens with zero attached hydrogens (tertiary/aromatic N) is 2. The zero-order valence-corrected chi connectivity index (χ0v) is 15.5. The van der Waals surface area contributed by atoms with Crippen LogP contribution in [0.3, 0.4) is 0 Å². The van der Waals surface area contributed by atoms with Gasteiger partial charge in [-0.05, 0) is 44.7 Å². The quantitative estimate of drug-likeness (QED) is 0.633. The van der Waals surface area contributed by atoms with Crippen LogP contribution >= 0.6 is 0 Å². The third-order valence-corrected chi connectivity index (χ3v) is 5.36. The van der Waals surface area contributed by atoms with E-state index >= 15 is 0 Å². The van der Waals surface area contributed by atoms with Gasteiger partial charge in [-0.3, -0.25) is 9.59 Å². The maximum atomic E-state index is 14.3. The molecule has 0 radical (unpaired) electrons. The van der Waals surface area contributed by atoms with E-state index in [1.165, 1.54) is 0 Å². The average Bonchev–Trinajstić information content (AvgIpc) is 2.86. The summed E-state index contributed by atoms with van der Waals surface area (Å²) >= 11 is 0. The molecule has 0 aliphatic carbocycles. The second-order valence-corrected chi connectivity index (χ2v) is 7.56. The first kappa shape index (κ1) is 19.3. The van der Waals surface area contributed by atoms with Gasteiger partial charge >= 0.3 is 0 Å². The smallest absolute Gasteiger partial charge is 0.257 e. The Bertz CT molecular complexity index is 767. The van der Waals surface area contributed by atoms with Crippen molar-refractivity contribution >= 4 is 17.5 Å². The third-order valence-electron chi connectivity index (χ3n) is 5.36. The number of benzene rings is 1. The molecule has 5 nitrogen and oxygen atoms in total. The number of carbonyl (C=O) groups is 2. The Hall–Kier alpha value is -2.44. The summed E-state index contributed by atoms with van der Waals surface area (Å²) in [6.45, 7) is 6.64. The van der Waals surface area contributed by atoms with E-state index in [0.29, 0.717) is 19.5 Å². The number of rotatable bonds is 5. The molecule has 27 heavy (non-hydrogen) atoms. The molecular formula is C20H25F2N3O2. The Kier molecular flexibility index (Phi) is 5.48. The molecule has 2 saturated heterocycles. The average molecular weight is 377 g/mol. The normalized spacial score (nSPS) is 21.4. The fraction of sp³-hybridized carbons (Fsp3) is 0.500. The van der Waals surface area contributed by atoms with Crippen molar-refractivity contribution in [2.75, 3.05) is 18.8 Å². The first-order chi connectivity index (χ1) is 12.8. The van der Waals surface area contributed by atoms with Gasteiger partial charge in [-0.1, -0.05) is 5.57 Å². The van der Waals surface area contributed by atoms with Crippen molar-refractivity contribution in [1.82, 2.24) is 9.80 Å². The lowest BCUT2D eigenvalue weighted by atomic mass is 10.1. The summed E-state index contributed by atoms with van der Waals surface area (Å²) in [5, 5.41) is 0. The number of amides is 2. The van der Waals surface area contributed by atoms with Crippen LogP contribution in [0.15, 0.2) is 24.3 Å². The molecule has 0 aromatic heterocycles. The van der Waals surface area contributed by atoms with Crippen molar-refractivity contribution in [1.29, 1.82) is 0 Å². The largest absolute Gasteiger partial charge is 0.396 e. The molecule has 146 valence electrons. The molecule has 2 heterocycles. The molecule has 0 saturated carbocycles. The van der Waals surface area contributed by atoms with E-state index in [1.54, 1.807) is 9.80 Å². The lowest BCUT2D eigenvalue weighted by molar-refractivity contribution is -0.134. The topological polar surface area (TPSA) is 66.6 Å². The van der Waals surface area contributed by atoms with Crippen LogP contribution in [-0.4, -0.2) is 46.8 Å². The molecule has 2 atom stereocenters. The number of anilines is 1. The van der Waals surface area contributed by atoms with Crippen LogP contribution in [0, 0.1) is 11.6 Å². The molecule has 2 aliphatic heterocycles. The van der Waals surface area contributed by atoms with Gasteiger partial charge in [0.2, 0.25) is 5.91 Å². The molecular weight excluding hydrogens is 352 g/mol. The summed E-state index contributed by atoms with van der Waals surface area (Å²) in [7, 11) is 0. The first-order valence-corrected chi connectivity index (χ1v) is 9.27. The second-order valence-electron chi connectivity index (χ2n) is 7.56. The number of halogens is 2. The number of nitrogen functional groups attached to an aromatic ring is 1. The Morgan fingerprint density at radius 2 is 1.81 bits per heavy atom. The molecule has 2 amide bonds. The van der Waals surface area contributed by atoms with E-state index in [0.717, 1.165) is 43.4 Å². The highest BCUT2D eigenvalue weighted by Gasteiger charge is 2.44. The number of carbonyl (C=O) groups excluding carboxylic acids is 2. The molecule has 2 bridgehead atoms. The Labute approximate surface area is 157 Å². The van der Waals surface area contributed by atoms with E-state index in [1.807, 2.05) is 6.92 Å². The Balaban J connectivity index is 1.70. The lowest BCUT2D eigenvalue weighted by Gasteiger charge is -2.41. The number of likely N-dealkylation sites (tertiary alicyclic amines) is 1. The van der Waals surface area contributed by atoms with Gasteiger partial charge < -0.3 is 15.5 Å². The van der Waals surface area contributed by atoms with Gasteiger partial charge in [-0.15, -0.1) is 6.58 Å². The standard InChI is InChI=1S/C20H25F2N3O2/c1-12(2)4-3-5-18(26)24-10-14-6-7-15(11-24)25(14)20(27)16-8-13(21)9-17(23)19(16)22/h8-9,14-15H,1,3-7,10-11,23H2,2H3/t14-,15+. The molecule has 2 aliphatic rings. The number of fused-ring (bicyclic) bond motifs is 2. The summed E-state index contributed by atoms with van der Waals surface area (Å²) in [5.41, 5.74) is 5.79. The molecule has 0 unspecified atom stereocenters. The Morgan fingerprint density at radius 1 is 1.19 bits per heavy atom. The van der Waals surface area contributed by atoms with E-state index in [2.05, 4.69) is 6.58 Å². The molecule has 0 spiro atoms. The fourth-order valence-electron chi connectivity index (χ4n) is 4.04. The predicted molar refractivity (Wildman–Crippen MR) is 99.0 cm³/mol. The summed E-state index contributed by atoms with van der Waals surface area (Å²) in [5.74, 6) is -2.11. The predicted octanol–water partition coefficient (Wildman–Crippen LogP) is 3.11. The second kappa shape index (κ2) is 7.66. The van der Waals surface area contributed by atoms with E-state index < -0.39 is 17.5 Å². The minimum absolute atomic E-state index is 0.0708. The lowest BCUT2D eigenvalue weighted by Crippen LogP contribution is -2.57. The van der Waals surface area contributed by atoms with Gasteiger partial charge in [-0.25, -0.2) is 8.78 Å². The summed E-state index contributed by atoms with van der Waals surface area (Å²) < 4.78 is 27.9. The number of nitrogens with two attached hydrogens (primary N) is 1. The van der Waals surface area contributed by atoms with Gasteiger partial charge in [0.1, 0.15) is 5.82 Å². The van der Waals surface area contributed by atoms with Crippen LogP contribution in [0.25, 0.3) is 0 Å². The molecule has 2 N–H and O–H groups in total. The van der Waals surface area contributed by atoms with Crippen molar-refractivity contribution in [3.63, 3.8) is 0 Å². The minimum atomic E-state index is -0.890. The summed E-state index contributed by atoms with van der Waals surface area (Å²) in [4.78, 5) is 28.7. The van der Waals surface area contributed by atoms with Crippen molar-refractivity contribution in [3.05, 3.63) is 41.5 Å². The molecule has 1 aromatic rings. The zero-order chi connectivity index (χ0) is 19.7. The molecule has 2 fully saturated rings. The van der Waals surface area contributed by atoms with E-state index in [-0.39, 0.29) is 29.2 Å². The first-order valence-electron chi connectivity index (χ1n) is 9.27. The Morgan fingerprint density at radius 3 is 2.41 bits per heavy atom. The molecule has 7 heteroatoms. The monoisotopic (exact) mass is 377 g/mol. The molecule has 1 aromatic carbocycles. The van der Waals surface area contributed by atoms with Gasteiger partial charge in [0.15, 0.2) is 5.82 Å². The van der Waals surface area contributed by atoms with Gasteiger partial charge in [0.05, 0.1) is 23.3 Å². The number of hydrogen-bond acceptors (Lipinski definition) is 3. The maximum absolute atomic E-state index is 14.3. The fourth-order valence-corrected chi connectivity index (χ4v) is 4.04. The third kappa shape index (κ3) is 3.96. The van der Waals surface area contributed by atoms with Crippen LogP contribution < -0.4 is 5.73 Å². The van der Waals surface area contributed by atoms with E-state index in [9.17, 15) is 18.4 Å².